The Morgan fingerprint density at radius 2 is 2.36 bits per heavy atom. The maximum absolute atomic E-state index is 11.5. The van der Waals surface area contributed by atoms with Crippen molar-refractivity contribution in [1.82, 2.24) is 20.4 Å². The lowest BCUT2D eigenvalue weighted by molar-refractivity contribution is 0.0944. The Balaban J connectivity index is 2.32. The minimum atomic E-state index is -0.0684. The molecule has 2 N–H and O–H groups in total. The lowest BCUT2D eigenvalue weighted by Crippen LogP contribution is -2.28. The van der Waals surface area contributed by atoms with E-state index in [1.54, 1.807) is 24.0 Å². The lowest BCUT2D eigenvalue weighted by atomic mass is 10.3. The van der Waals surface area contributed by atoms with Crippen LogP contribution < -0.4 is 10.6 Å². The molecule has 1 rings (SSSR count). The summed E-state index contributed by atoms with van der Waals surface area (Å²) in [6.07, 6.45) is 2.54. The van der Waals surface area contributed by atoms with Gasteiger partial charge in [-0.25, -0.2) is 0 Å². The fourth-order valence-corrected chi connectivity index (χ4v) is 1.15. The second-order valence-electron chi connectivity index (χ2n) is 3.05. The van der Waals surface area contributed by atoms with Crippen molar-refractivity contribution in [2.75, 3.05) is 20.1 Å². The molecular formula is C9H16N4O. The van der Waals surface area contributed by atoms with E-state index in [2.05, 4.69) is 15.7 Å². The molecule has 0 aliphatic carbocycles. The number of nitrogens with zero attached hydrogens (tertiary/aromatic N) is 2. The van der Waals surface area contributed by atoms with Gasteiger partial charge in [-0.2, -0.15) is 5.10 Å². The Morgan fingerprint density at radius 3 is 2.93 bits per heavy atom. The van der Waals surface area contributed by atoms with Gasteiger partial charge in [-0.1, -0.05) is 0 Å². The van der Waals surface area contributed by atoms with Crippen LogP contribution in [0.1, 0.15) is 16.9 Å². The van der Waals surface area contributed by atoms with E-state index < -0.39 is 0 Å². The molecule has 0 atom stereocenters. The van der Waals surface area contributed by atoms with Gasteiger partial charge in [0.1, 0.15) is 5.69 Å². The van der Waals surface area contributed by atoms with Gasteiger partial charge in [-0.3, -0.25) is 9.48 Å². The molecule has 0 radical (unpaired) electrons. The van der Waals surface area contributed by atoms with E-state index in [-0.39, 0.29) is 5.91 Å². The minimum absolute atomic E-state index is 0.0684. The molecule has 1 amide bonds. The summed E-state index contributed by atoms with van der Waals surface area (Å²) in [4.78, 5) is 11.5. The van der Waals surface area contributed by atoms with Crippen LogP contribution >= 0.6 is 0 Å². The highest BCUT2D eigenvalue weighted by Gasteiger charge is 2.07. The number of hydrogen-bond acceptors (Lipinski definition) is 3. The predicted molar refractivity (Wildman–Crippen MR) is 54.1 cm³/mol. The van der Waals surface area contributed by atoms with Crippen LogP contribution in [0.2, 0.25) is 0 Å². The molecule has 1 aromatic rings. The van der Waals surface area contributed by atoms with Crippen molar-refractivity contribution in [2.24, 2.45) is 7.05 Å². The third-order valence-corrected chi connectivity index (χ3v) is 1.94. The fourth-order valence-electron chi connectivity index (χ4n) is 1.15. The minimum Gasteiger partial charge on any atom is -0.351 e. The maximum atomic E-state index is 11.5. The Hall–Kier alpha value is -1.36. The summed E-state index contributed by atoms with van der Waals surface area (Å²) in [5, 5.41) is 9.77. The molecule has 14 heavy (non-hydrogen) atoms. The molecule has 0 bridgehead atoms. The first-order valence-corrected chi connectivity index (χ1v) is 4.66. The summed E-state index contributed by atoms with van der Waals surface area (Å²) in [6, 6.07) is 1.70. The number of aromatic nitrogens is 2. The van der Waals surface area contributed by atoms with Gasteiger partial charge in [-0.15, -0.1) is 0 Å². The smallest absolute Gasteiger partial charge is 0.269 e. The van der Waals surface area contributed by atoms with Crippen LogP contribution in [0.15, 0.2) is 12.3 Å². The van der Waals surface area contributed by atoms with E-state index in [0.29, 0.717) is 12.2 Å². The van der Waals surface area contributed by atoms with E-state index in [9.17, 15) is 4.79 Å². The number of hydrogen-bond donors (Lipinski definition) is 2. The summed E-state index contributed by atoms with van der Waals surface area (Å²) in [7, 11) is 3.64. The van der Waals surface area contributed by atoms with Crippen molar-refractivity contribution in [3.8, 4) is 0 Å². The second kappa shape index (κ2) is 5.39. The molecule has 0 unspecified atom stereocenters. The number of aryl methyl sites for hydroxylation is 1. The van der Waals surface area contributed by atoms with E-state index in [1.807, 2.05) is 7.05 Å². The SMILES string of the molecule is CNCCCNC(=O)c1ccnn1C. The summed E-state index contributed by atoms with van der Waals surface area (Å²) in [5.74, 6) is -0.0684. The molecular weight excluding hydrogens is 180 g/mol. The molecule has 0 aliphatic heterocycles. The quantitative estimate of drug-likeness (QED) is 0.639. The highest BCUT2D eigenvalue weighted by atomic mass is 16.2. The summed E-state index contributed by atoms with van der Waals surface area (Å²) < 4.78 is 1.56. The first kappa shape index (κ1) is 10.7. The number of nitrogens with one attached hydrogen (secondary N) is 2. The molecule has 0 fully saturated rings. The van der Waals surface area contributed by atoms with Gasteiger partial charge in [0.2, 0.25) is 0 Å². The number of carbonyl (C=O) groups excluding carboxylic acids is 1. The zero-order chi connectivity index (χ0) is 10.4. The first-order chi connectivity index (χ1) is 6.75. The molecule has 78 valence electrons. The van der Waals surface area contributed by atoms with E-state index >= 15 is 0 Å². The summed E-state index contributed by atoms with van der Waals surface area (Å²) >= 11 is 0. The number of amides is 1. The second-order valence-corrected chi connectivity index (χ2v) is 3.05. The standard InChI is InChI=1S/C9H16N4O/c1-10-5-3-6-11-9(14)8-4-7-12-13(8)2/h4,7,10H,3,5-6H2,1-2H3,(H,11,14). The highest BCUT2D eigenvalue weighted by molar-refractivity contribution is 5.92. The van der Waals surface area contributed by atoms with Gasteiger partial charge < -0.3 is 10.6 Å². The van der Waals surface area contributed by atoms with Gasteiger partial charge >= 0.3 is 0 Å². The molecule has 0 saturated heterocycles. The van der Waals surface area contributed by atoms with Crippen molar-refractivity contribution < 1.29 is 4.79 Å². The molecule has 0 spiro atoms. The van der Waals surface area contributed by atoms with Crippen LogP contribution in [0.5, 0.6) is 0 Å². The van der Waals surface area contributed by atoms with Crippen molar-refractivity contribution in [2.45, 2.75) is 6.42 Å². The lowest BCUT2D eigenvalue weighted by Gasteiger charge is -2.04. The zero-order valence-corrected chi connectivity index (χ0v) is 8.58. The number of rotatable bonds is 5. The van der Waals surface area contributed by atoms with Crippen LogP contribution in [0.25, 0.3) is 0 Å². The van der Waals surface area contributed by atoms with Crippen molar-refractivity contribution in [1.29, 1.82) is 0 Å². The van der Waals surface area contributed by atoms with Crippen LogP contribution in [0.4, 0.5) is 0 Å². The van der Waals surface area contributed by atoms with Gasteiger partial charge in [-0.05, 0) is 26.1 Å². The van der Waals surface area contributed by atoms with Crippen molar-refractivity contribution >= 4 is 5.91 Å². The van der Waals surface area contributed by atoms with Gasteiger partial charge in [0.05, 0.1) is 0 Å². The Morgan fingerprint density at radius 1 is 1.57 bits per heavy atom. The topological polar surface area (TPSA) is 58.9 Å². The molecule has 5 heteroatoms. The number of carbonyl (C=O) groups is 1. The van der Waals surface area contributed by atoms with Crippen LogP contribution in [0.3, 0.4) is 0 Å². The normalized spacial score (nSPS) is 10.1. The molecule has 1 heterocycles. The van der Waals surface area contributed by atoms with E-state index in [4.69, 9.17) is 0 Å². The molecule has 5 nitrogen and oxygen atoms in total. The Labute approximate surface area is 83.5 Å². The zero-order valence-electron chi connectivity index (χ0n) is 8.58. The molecule has 0 aromatic carbocycles. The molecule has 1 aromatic heterocycles. The third-order valence-electron chi connectivity index (χ3n) is 1.94. The van der Waals surface area contributed by atoms with Crippen molar-refractivity contribution in [3.05, 3.63) is 18.0 Å². The summed E-state index contributed by atoms with van der Waals surface area (Å²) in [5.41, 5.74) is 0.592. The van der Waals surface area contributed by atoms with E-state index in [0.717, 1.165) is 13.0 Å². The maximum Gasteiger partial charge on any atom is 0.269 e. The Bertz CT molecular complexity index is 295. The fraction of sp³-hybridized carbons (Fsp3) is 0.556. The van der Waals surface area contributed by atoms with Gasteiger partial charge in [0, 0.05) is 19.8 Å². The van der Waals surface area contributed by atoms with Crippen LogP contribution in [-0.4, -0.2) is 35.8 Å². The van der Waals surface area contributed by atoms with Crippen LogP contribution in [0, 0.1) is 0 Å². The first-order valence-electron chi connectivity index (χ1n) is 4.66. The van der Waals surface area contributed by atoms with Gasteiger partial charge in [0.15, 0.2) is 0 Å². The highest BCUT2D eigenvalue weighted by Crippen LogP contribution is 1.95. The average Bonchev–Trinajstić information content (AvgIpc) is 2.59. The third kappa shape index (κ3) is 2.85. The van der Waals surface area contributed by atoms with Crippen molar-refractivity contribution in [3.63, 3.8) is 0 Å². The predicted octanol–water partition coefficient (Wildman–Crippen LogP) is -0.241. The monoisotopic (exact) mass is 196 g/mol. The van der Waals surface area contributed by atoms with E-state index in [1.165, 1.54) is 0 Å². The molecule has 0 aliphatic rings. The summed E-state index contributed by atoms with van der Waals surface area (Å²) in [6.45, 7) is 1.59. The Kier molecular flexibility index (Phi) is 4.12. The van der Waals surface area contributed by atoms with Crippen LogP contribution in [-0.2, 0) is 7.05 Å². The average molecular weight is 196 g/mol. The largest absolute Gasteiger partial charge is 0.351 e. The van der Waals surface area contributed by atoms with Gasteiger partial charge in [0.25, 0.3) is 5.91 Å². The molecule has 0 saturated carbocycles.